The summed E-state index contributed by atoms with van der Waals surface area (Å²) < 4.78 is 25.9. The van der Waals surface area contributed by atoms with Gasteiger partial charge in [0.1, 0.15) is 0 Å². The third-order valence-electron chi connectivity index (χ3n) is 3.44. The maximum atomic E-state index is 12.9. The molecule has 1 rings (SSSR count). The Morgan fingerprint density at radius 3 is 2.53 bits per heavy atom. The Morgan fingerprint density at radius 2 is 2.06 bits per heavy atom. The second-order valence-corrected chi connectivity index (χ2v) is 4.82. The average Bonchev–Trinajstić information content (AvgIpc) is 2.28. The number of amides is 1. The van der Waals surface area contributed by atoms with Crippen LogP contribution in [-0.4, -0.2) is 24.4 Å². The van der Waals surface area contributed by atoms with Crippen LogP contribution in [0.25, 0.3) is 0 Å². The van der Waals surface area contributed by atoms with Crippen LogP contribution in [0.2, 0.25) is 0 Å². The Kier molecular flexibility index (Phi) is 5.31. The van der Waals surface area contributed by atoms with E-state index in [2.05, 4.69) is 5.32 Å². The first kappa shape index (κ1) is 14.4. The highest BCUT2D eigenvalue weighted by Crippen LogP contribution is 2.36. The van der Waals surface area contributed by atoms with Gasteiger partial charge in [-0.05, 0) is 32.2 Å². The number of alkyl halides is 2. The molecule has 3 N–H and O–H groups in total. The molecule has 1 unspecified atom stereocenters. The largest absolute Gasteiger partial charge is 0.353 e. The van der Waals surface area contributed by atoms with Crippen LogP contribution in [0.1, 0.15) is 45.4 Å². The molecule has 0 spiro atoms. The molecule has 0 aromatic carbocycles. The summed E-state index contributed by atoms with van der Waals surface area (Å²) in [5.41, 5.74) is 5.44. The van der Waals surface area contributed by atoms with Gasteiger partial charge in [-0.3, -0.25) is 4.79 Å². The van der Waals surface area contributed by atoms with E-state index in [1.54, 1.807) is 0 Å². The van der Waals surface area contributed by atoms with E-state index in [9.17, 15) is 13.6 Å². The SMILES string of the molecule is CCC(CCN)NC(=O)C1CCC(F)(F)CC1. The van der Waals surface area contributed by atoms with Crippen LogP contribution in [0.4, 0.5) is 8.78 Å². The first-order valence-electron chi connectivity index (χ1n) is 6.36. The molecule has 1 saturated carbocycles. The molecule has 17 heavy (non-hydrogen) atoms. The minimum Gasteiger partial charge on any atom is -0.353 e. The van der Waals surface area contributed by atoms with Gasteiger partial charge in [0, 0.05) is 24.8 Å². The van der Waals surface area contributed by atoms with Gasteiger partial charge in [-0.15, -0.1) is 0 Å². The van der Waals surface area contributed by atoms with Gasteiger partial charge in [0.25, 0.3) is 0 Å². The molecular formula is C12H22F2N2O. The molecule has 1 atom stereocenters. The van der Waals surface area contributed by atoms with Crippen LogP contribution in [-0.2, 0) is 4.79 Å². The topological polar surface area (TPSA) is 55.1 Å². The van der Waals surface area contributed by atoms with Gasteiger partial charge in [0.2, 0.25) is 11.8 Å². The zero-order valence-electron chi connectivity index (χ0n) is 10.3. The average molecular weight is 248 g/mol. The smallest absolute Gasteiger partial charge is 0.248 e. The molecule has 0 aromatic heterocycles. The molecule has 1 fully saturated rings. The lowest BCUT2D eigenvalue weighted by molar-refractivity contribution is -0.129. The summed E-state index contributed by atoms with van der Waals surface area (Å²) >= 11 is 0. The molecule has 0 aromatic rings. The molecular weight excluding hydrogens is 226 g/mol. The van der Waals surface area contributed by atoms with Crippen LogP contribution < -0.4 is 11.1 Å². The van der Waals surface area contributed by atoms with Crippen molar-refractivity contribution in [1.29, 1.82) is 0 Å². The van der Waals surface area contributed by atoms with Crippen molar-refractivity contribution >= 4 is 5.91 Å². The van der Waals surface area contributed by atoms with Gasteiger partial charge in [-0.2, -0.15) is 0 Å². The number of nitrogens with two attached hydrogens (primary N) is 1. The quantitative estimate of drug-likeness (QED) is 0.782. The van der Waals surface area contributed by atoms with Gasteiger partial charge < -0.3 is 11.1 Å². The third kappa shape index (κ3) is 4.58. The van der Waals surface area contributed by atoms with Gasteiger partial charge in [0.05, 0.1) is 0 Å². The lowest BCUT2D eigenvalue weighted by Crippen LogP contribution is -2.41. The minimum absolute atomic E-state index is 0.0786. The number of hydrogen-bond donors (Lipinski definition) is 2. The molecule has 1 aliphatic rings. The van der Waals surface area contributed by atoms with Crippen LogP contribution >= 0.6 is 0 Å². The fourth-order valence-corrected chi connectivity index (χ4v) is 2.20. The van der Waals surface area contributed by atoms with Crippen LogP contribution in [0.15, 0.2) is 0 Å². The molecule has 5 heteroatoms. The maximum absolute atomic E-state index is 12.9. The maximum Gasteiger partial charge on any atom is 0.248 e. The highest BCUT2D eigenvalue weighted by atomic mass is 19.3. The van der Waals surface area contributed by atoms with Crippen molar-refractivity contribution in [3.63, 3.8) is 0 Å². The van der Waals surface area contributed by atoms with Crippen molar-refractivity contribution < 1.29 is 13.6 Å². The summed E-state index contributed by atoms with van der Waals surface area (Å²) in [5.74, 6) is -2.90. The van der Waals surface area contributed by atoms with Gasteiger partial charge in [-0.1, -0.05) is 6.92 Å². The number of hydrogen-bond acceptors (Lipinski definition) is 2. The van der Waals surface area contributed by atoms with E-state index in [-0.39, 0.29) is 43.6 Å². The molecule has 1 aliphatic carbocycles. The second-order valence-electron chi connectivity index (χ2n) is 4.82. The summed E-state index contributed by atoms with van der Waals surface area (Å²) in [6.07, 6.45) is 1.81. The van der Waals surface area contributed by atoms with Crippen LogP contribution in [0.5, 0.6) is 0 Å². The Morgan fingerprint density at radius 1 is 1.47 bits per heavy atom. The number of rotatable bonds is 5. The molecule has 1 amide bonds. The van der Waals surface area contributed by atoms with Crippen molar-refractivity contribution in [2.45, 2.75) is 57.4 Å². The highest BCUT2D eigenvalue weighted by Gasteiger charge is 2.37. The molecule has 0 bridgehead atoms. The first-order valence-corrected chi connectivity index (χ1v) is 6.36. The second kappa shape index (κ2) is 6.28. The van der Waals surface area contributed by atoms with E-state index >= 15 is 0 Å². The van der Waals surface area contributed by atoms with Gasteiger partial charge in [-0.25, -0.2) is 8.78 Å². The lowest BCUT2D eigenvalue weighted by Gasteiger charge is -2.28. The molecule has 0 saturated heterocycles. The third-order valence-corrected chi connectivity index (χ3v) is 3.44. The Labute approximate surface area is 101 Å². The standard InChI is InChI=1S/C12H22F2N2O/c1-2-10(5-8-15)16-11(17)9-3-6-12(13,14)7-4-9/h9-10H,2-8,15H2,1H3,(H,16,17). The Balaban J connectivity index is 2.38. The fraction of sp³-hybridized carbons (Fsp3) is 0.917. The predicted octanol–water partition coefficient (Wildman–Crippen LogP) is 2.06. The predicted molar refractivity (Wildman–Crippen MR) is 62.8 cm³/mol. The van der Waals surface area contributed by atoms with Crippen molar-refractivity contribution in [2.24, 2.45) is 11.7 Å². The van der Waals surface area contributed by atoms with E-state index in [1.165, 1.54) is 0 Å². The summed E-state index contributed by atoms with van der Waals surface area (Å²) in [6.45, 7) is 2.51. The normalized spacial score (nSPS) is 22.1. The monoisotopic (exact) mass is 248 g/mol. The highest BCUT2D eigenvalue weighted by molar-refractivity contribution is 5.79. The number of carbonyl (C=O) groups is 1. The summed E-state index contributed by atoms with van der Waals surface area (Å²) in [6, 6.07) is 0.0786. The number of carbonyl (C=O) groups excluding carboxylic acids is 1. The number of nitrogens with one attached hydrogen (secondary N) is 1. The first-order chi connectivity index (χ1) is 7.98. The molecule has 3 nitrogen and oxygen atoms in total. The van der Waals surface area contributed by atoms with E-state index in [0.29, 0.717) is 6.54 Å². The van der Waals surface area contributed by atoms with Crippen LogP contribution in [0, 0.1) is 5.92 Å². The zero-order valence-corrected chi connectivity index (χ0v) is 10.3. The summed E-state index contributed by atoms with van der Waals surface area (Å²) in [4.78, 5) is 11.9. The Bertz CT molecular complexity index is 249. The zero-order chi connectivity index (χ0) is 12.9. The Hall–Kier alpha value is -0.710. The van der Waals surface area contributed by atoms with E-state index in [4.69, 9.17) is 5.73 Å². The van der Waals surface area contributed by atoms with E-state index < -0.39 is 5.92 Å². The fourth-order valence-electron chi connectivity index (χ4n) is 2.20. The van der Waals surface area contributed by atoms with Crippen molar-refractivity contribution in [3.8, 4) is 0 Å². The molecule has 0 radical (unpaired) electrons. The minimum atomic E-state index is -2.57. The van der Waals surface area contributed by atoms with Crippen molar-refractivity contribution in [3.05, 3.63) is 0 Å². The van der Waals surface area contributed by atoms with E-state index in [0.717, 1.165) is 12.8 Å². The van der Waals surface area contributed by atoms with Crippen molar-refractivity contribution in [1.82, 2.24) is 5.32 Å². The van der Waals surface area contributed by atoms with Crippen LogP contribution in [0.3, 0.4) is 0 Å². The lowest BCUT2D eigenvalue weighted by atomic mass is 9.86. The van der Waals surface area contributed by atoms with Crippen molar-refractivity contribution in [2.75, 3.05) is 6.54 Å². The van der Waals surface area contributed by atoms with E-state index in [1.807, 2.05) is 6.92 Å². The molecule has 100 valence electrons. The van der Waals surface area contributed by atoms with Gasteiger partial charge >= 0.3 is 0 Å². The number of halogens is 2. The summed E-state index contributed by atoms with van der Waals surface area (Å²) in [5, 5.41) is 2.90. The van der Waals surface area contributed by atoms with Gasteiger partial charge in [0.15, 0.2) is 0 Å². The molecule has 0 heterocycles. The summed E-state index contributed by atoms with van der Waals surface area (Å²) in [7, 11) is 0. The molecule has 0 aliphatic heterocycles.